The van der Waals surface area contributed by atoms with E-state index in [0.29, 0.717) is 18.1 Å². The standard InChI is InChI=1S/C20H27N5O/c1-15-22-18(20(26)21-10-6-11-24(2)3)13-19(23-15)25-12-9-16-7-4-5-8-17(16)14-25/h4-5,7-8,13H,6,9-12,14H2,1-3H3,(H,21,26). The van der Waals surface area contributed by atoms with E-state index in [1.165, 1.54) is 11.1 Å². The molecule has 0 bridgehead atoms. The summed E-state index contributed by atoms with van der Waals surface area (Å²) in [6, 6.07) is 10.3. The summed E-state index contributed by atoms with van der Waals surface area (Å²) in [4.78, 5) is 25.7. The van der Waals surface area contributed by atoms with Gasteiger partial charge in [-0.25, -0.2) is 9.97 Å². The predicted octanol–water partition coefficient (Wildman–Crippen LogP) is 2.03. The molecule has 3 rings (SSSR count). The minimum Gasteiger partial charge on any atom is -0.352 e. The van der Waals surface area contributed by atoms with Gasteiger partial charge in [-0.1, -0.05) is 24.3 Å². The number of carbonyl (C=O) groups is 1. The molecule has 0 fully saturated rings. The van der Waals surface area contributed by atoms with Crippen molar-refractivity contribution in [3.8, 4) is 0 Å². The van der Waals surface area contributed by atoms with E-state index >= 15 is 0 Å². The Kier molecular flexibility index (Phi) is 5.83. The molecular weight excluding hydrogens is 326 g/mol. The van der Waals surface area contributed by atoms with E-state index in [0.717, 1.165) is 38.3 Å². The molecule has 6 heteroatoms. The normalized spacial score (nSPS) is 13.6. The Morgan fingerprint density at radius 1 is 1.23 bits per heavy atom. The maximum atomic E-state index is 12.4. The Hall–Kier alpha value is -2.47. The third-order valence-electron chi connectivity index (χ3n) is 4.58. The summed E-state index contributed by atoms with van der Waals surface area (Å²) in [6.45, 7) is 5.14. The van der Waals surface area contributed by atoms with Crippen LogP contribution in [-0.2, 0) is 13.0 Å². The van der Waals surface area contributed by atoms with Gasteiger partial charge in [0.2, 0.25) is 0 Å². The van der Waals surface area contributed by atoms with Crippen LogP contribution in [0.2, 0.25) is 0 Å². The Morgan fingerprint density at radius 3 is 2.77 bits per heavy atom. The number of carbonyl (C=O) groups excluding carboxylic acids is 1. The van der Waals surface area contributed by atoms with Gasteiger partial charge in [0.25, 0.3) is 5.91 Å². The average Bonchev–Trinajstić information content (AvgIpc) is 2.64. The fourth-order valence-electron chi connectivity index (χ4n) is 3.21. The first kappa shape index (κ1) is 18.3. The topological polar surface area (TPSA) is 61.4 Å². The summed E-state index contributed by atoms with van der Waals surface area (Å²) in [5.74, 6) is 1.32. The number of nitrogens with zero attached hydrogens (tertiary/aromatic N) is 4. The molecule has 1 aliphatic heterocycles. The highest BCUT2D eigenvalue weighted by Crippen LogP contribution is 2.23. The summed E-state index contributed by atoms with van der Waals surface area (Å²) >= 11 is 0. The quantitative estimate of drug-likeness (QED) is 0.805. The number of nitrogens with one attached hydrogen (secondary N) is 1. The van der Waals surface area contributed by atoms with Crippen molar-refractivity contribution in [2.45, 2.75) is 26.3 Å². The van der Waals surface area contributed by atoms with Crippen LogP contribution in [0.1, 0.15) is 33.9 Å². The van der Waals surface area contributed by atoms with Crippen molar-refractivity contribution in [1.82, 2.24) is 20.2 Å². The molecule has 0 radical (unpaired) electrons. The largest absolute Gasteiger partial charge is 0.352 e. The van der Waals surface area contributed by atoms with E-state index in [9.17, 15) is 4.79 Å². The van der Waals surface area contributed by atoms with Crippen molar-refractivity contribution in [1.29, 1.82) is 0 Å². The van der Waals surface area contributed by atoms with Gasteiger partial charge in [-0.15, -0.1) is 0 Å². The molecule has 6 nitrogen and oxygen atoms in total. The molecule has 0 spiro atoms. The van der Waals surface area contributed by atoms with Crippen LogP contribution in [0.4, 0.5) is 5.82 Å². The smallest absolute Gasteiger partial charge is 0.270 e. The predicted molar refractivity (Wildman–Crippen MR) is 103 cm³/mol. The number of hydrogen-bond acceptors (Lipinski definition) is 5. The second-order valence-corrected chi connectivity index (χ2v) is 7.01. The monoisotopic (exact) mass is 353 g/mol. The van der Waals surface area contributed by atoms with Crippen LogP contribution in [-0.4, -0.2) is 54.5 Å². The Balaban J connectivity index is 1.69. The van der Waals surface area contributed by atoms with Crippen molar-refractivity contribution >= 4 is 11.7 Å². The van der Waals surface area contributed by atoms with Crippen LogP contribution >= 0.6 is 0 Å². The number of aryl methyl sites for hydroxylation is 1. The lowest BCUT2D eigenvalue weighted by Gasteiger charge is -2.30. The minimum atomic E-state index is -0.132. The van der Waals surface area contributed by atoms with Crippen LogP contribution in [0.5, 0.6) is 0 Å². The molecule has 1 amide bonds. The lowest BCUT2D eigenvalue weighted by Crippen LogP contribution is -2.32. The molecule has 2 aromatic rings. The number of aromatic nitrogens is 2. The first-order chi connectivity index (χ1) is 12.5. The summed E-state index contributed by atoms with van der Waals surface area (Å²) in [7, 11) is 4.05. The van der Waals surface area contributed by atoms with Crippen molar-refractivity contribution in [3.63, 3.8) is 0 Å². The van der Waals surface area contributed by atoms with Gasteiger partial charge in [-0.3, -0.25) is 4.79 Å². The number of fused-ring (bicyclic) bond motifs is 1. The summed E-state index contributed by atoms with van der Waals surface area (Å²) in [5, 5.41) is 2.95. The van der Waals surface area contributed by atoms with E-state index in [4.69, 9.17) is 0 Å². The number of hydrogen-bond donors (Lipinski definition) is 1. The molecule has 1 aromatic carbocycles. The third-order valence-corrected chi connectivity index (χ3v) is 4.58. The van der Waals surface area contributed by atoms with Gasteiger partial charge in [-0.2, -0.15) is 0 Å². The van der Waals surface area contributed by atoms with E-state index in [1.807, 2.05) is 27.1 Å². The third kappa shape index (κ3) is 4.58. The Morgan fingerprint density at radius 2 is 2.00 bits per heavy atom. The zero-order valence-corrected chi connectivity index (χ0v) is 15.8. The van der Waals surface area contributed by atoms with E-state index in [2.05, 4.69) is 49.4 Å². The van der Waals surface area contributed by atoms with Crippen molar-refractivity contribution < 1.29 is 4.79 Å². The number of benzene rings is 1. The molecule has 2 heterocycles. The van der Waals surface area contributed by atoms with Gasteiger partial charge in [0.15, 0.2) is 0 Å². The average molecular weight is 353 g/mol. The molecule has 0 aliphatic carbocycles. The lowest BCUT2D eigenvalue weighted by molar-refractivity contribution is 0.0947. The van der Waals surface area contributed by atoms with Crippen LogP contribution in [0, 0.1) is 6.92 Å². The SMILES string of the molecule is Cc1nc(C(=O)NCCCN(C)C)cc(N2CCc3ccccc3C2)n1. The first-order valence-corrected chi connectivity index (χ1v) is 9.13. The molecule has 0 saturated carbocycles. The second kappa shape index (κ2) is 8.27. The van der Waals surface area contributed by atoms with E-state index in [1.54, 1.807) is 0 Å². The maximum Gasteiger partial charge on any atom is 0.270 e. The molecule has 138 valence electrons. The summed E-state index contributed by atoms with van der Waals surface area (Å²) in [5.41, 5.74) is 3.16. The minimum absolute atomic E-state index is 0.132. The van der Waals surface area contributed by atoms with Crippen LogP contribution < -0.4 is 10.2 Å². The van der Waals surface area contributed by atoms with Gasteiger partial charge < -0.3 is 15.1 Å². The van der Waals surface area contributed by atoms with Gasteiger partial charge in [0.05, 0.1) is 0 Å². The highest BCUT2D eigenvalue weighted by atomic mass is 16.1. The highest BCUT2D eigenvalue weighted by Gasteiger charge is 2.19. The summed E-state index contributed by atoms with van der Waals surface area (Å²) < 4.78 is 0. The van der Waals surface area contributed by atoms with E-state index in [-0.39, 0.29) is 5.91 Å². The fraction of sp³-hybridized carbons (Fsp3) is 0.450. The van der Waals surface area contributed by atoms with Crippen LogP contribution in [0.3, 0.4) is 0 Å². The molecule has 1 aliphatic rings. The van der Waals surface area contributed by atoms with Gasteiger partial charge >= 0.3 is 0 Å². The number of rotatable bonds is 6. The lowest BCUT2D eigenvalue weighted by atomic mass is 10.00. The Bertz CT molecular complexity index is 775. The summed E-state index contributed by atoms with van der Waals surface area (Å²) in [6.07, 6.45) is 1.91. The van der Waals surface area contributed by atoms with Gasteiger partial charge in [0, 0.05) is 25.7 Å². The molecular formula is C20H27N5O. The molecule has 1 N–H and O–H groups in total. The second-order valence-electron chi connectivity index (χ2n) is 7.01. The molecule has 0 unspecified atom stereocenters. The van der Waals surface area contributed by atoms with Gasteiger partial charge in [0.1, 0.15) is 17.3 Å². The van der Waals surface area contributed by atoms with Crippen molar-refractivity contribution in [2.24, 2.45) is 0 Å². The fourth-order valence-corrected chi connectivity index (χ4v) is 3.21. The first-order valence-electron chi connectivity index (χ1n) is 9.13. The molecule has 1 aromatic heterocycles. The number of anilines is 1. The zero-order valence-electron chi connectivity index (χ0n) is 15.8. The molecule has 0 saturated heterocycles. The van der Waals surface area contributed by atoms with E-state index < -0.39 is 0 Å². The van der Waals surface area contributed by atoms with Crippen molar-refractivity contribution in [3.05, 3.63) is 53.0 Å². The zero-order chi connectivity index (χ0) is 18.5. The maximum absolute atomic E-state index is 12.4. The molecule has 0 atom stereocenters. The Labute approximate surface area is 155 Å². The number of amides is 1. The van der Waals surface area contributed by atoms with Crippen molar-refractivity contribution in [2.75, 3.05) is 38.6 Å². The van der Waals surface area contributed by atoms with Crippen LogP contribution in [0.15, 0.2) is 30.3 Å². The van der Waals surface area contributed by atoms with Crippen LogP contribution in [0.25, 0.3) is 0 Å². The molecule has 26 heavy (non-hydrogen) atoms. The van der Waals surface area contributed by atoms with Gasteiger partial charge in [-0.05, 0) is 51.5 Å². The highest BCUT2D eigenvalue weighted by molar-refractivity contribution is 5.92.